The topological polar surface area (TPSA) is 51.3 Å². The Morgan fingerprint density at radius 1 is 1.46 bits per heavy atom. The molecule has 0 spiro atoms. The highest BCUT2D eigenvalue weighted by molar-refractivity contribution is 5.97. The molecule has 0 unspecified atom stereocenters. The molecule has 13 heavy (non-hydrogen) atoms. The van der Waals surface area contributed by atoms with Crippen molar-refractivity contribution < 1.29 is 0 Å². The summed E-state index contributed by atoms with van der Waals surface area (Å²) < 4.78 is 0. The first kappa shape index (κ1) is 9.71. The largest absolute Gasteiger partial charge is 0.384 e. The van der Waals surface area contributed by atoms with E-state index < -0.39 is 0 Å². The normalized spacial score (nSPS) is 11.6. The van der Waals surface area contributed by atoms with Gasteiger partial charge in [0.1, 0.15) is 5.84 Å². The van der Waals surface area contributed by atoms with Crippen LogP contribution >= 0.6 is 0 Å². The fraction of sp³-hybridized carbons (Fsp3) is 0.400. The number of aliphatic imine (C=N–C) groups is 1. The number of pyridine rings is 1. The zero-order valence-electron chi connectivity index (χ0n) is 7.90. The molecule has 70 valence electrons. The Morgan fingerprint density at radius 2 is 2.15 bits per heavy atom. The maximum Gasteiger partial charge on any atom is 0.125 e. The van der Waals surface area contributed by atoms with E-state index in [-0.39, 0.29) is 0 Å². The van der Waals surface area contributed by atoms with Crippen LogP contribution in [-0.2, 0) is 0 Å². The van der Waals surface area contributed by atoms with Crippen LogP contribution in [0.25, 0.3) is 0 Å². The summed E-state index contributed by atoms with van der Waals surface area (Å²) in [5.41, 5.74) is 6.71. The molecule has 0 aliphatic rings. The van der Waals surface area contributed by atoms with Crippen LogP contribution in [0.5, 0.6) is 0 Å². The molecule has 0 aromatic carbocycles. The molecule has 0 amide bonds. The summed E-state index contributed by atoms with van der Waals surface area (Å²) >= 11 is 0. The minimum Gasteiger partial charge on any atom is -0.384 e. The van der Waals surface area contributed by atoms with Crippen molar-refractivity contribution >= 4 is 5.84 Å². The second kappa shape index (κ2) is 5.30. The van der Waals surface area contributed by atoms with Crippen LogP contribution in [0.2, 0.25) is 0 Å². The van der Waals surface area contributed by atoms with Gasteiger partial charge in [0, 0.05) is 24.5 Å². The van der Waals surface area contributed by atoms with Crippen molar-refractivity contribution in [3.05, 3.63) is 30.1 Å². The minimum absolute atomic E-state index is 0.607. The molecular weight excluding hydrogens is 162 g/mol. The third-order valence-electron chi connectivity index (χ3n) is 1.77. The second-order valence-electron chi connectivity index (χ2n) is 2.86. The van der Waals surface area contributed by atoms with Crippen molar-refractivity contribution in [3.63, 3.8) is 0 Å². The van der Waals surface area contributed by atoms with E-state index in [4.69, 9.17) is 5.73 Å². The molecule has 0 saturated heterocycles. The predicted octanol–water partition coefficient (Wildman–Crippen LogP) is 1.59. The Kier molecular flexibility index (Phi) is 3.96. The number of unbranched alkanes of at least 4 members (excludes halogenated alkanes) is 1. The molecule has 2 N–H and O–H groups in total. The Bertz CT molecular complexity index is 267. The van der Waals surface area contributed by atoms with Gasteiger partial charge in [-0.3, -0.25) is 9.98 Å². The summed E-state index contributed by atoms with van der Waals surface area (Å²) in [5.74, 6) is 0.607. The standard InChI is InChI=1S/C10H15N3/c1-2-3-6-13-10(11)9-4-7-12-8-5-9/h4-5,7-8H,2-3,6H2,1H3,(H2,11,13). The van der Waals surface area contributed by atoms with Crippen molar-refractivity contribution in [1.82, 2.24) is 4.98 Å². The van der Waals surface area contributed by atoms with E-state index in [0.717, 1.165) is 24.9 Å². The maximum atomic E-state index is 5.76. The van der Waals surface area contributed by atoms with E-state index in [1.165, 1.54) is 0 Å². The van der Waals surface area contributed by atoms with E-state index in [0.29, 0.717) is 5.84 Å². The van der Waals surface area contributed by atoms with Gasteiger partial charge in [-0.1, -0.05) is 13.3 Å². The first-order valence-electron chi connectivity index (χ1n) is 4.55. The molecule has 3 nitrogen and oxygen atoms in total. The van der Waals surface area contributed by atoms with Crippen molar-refractivity contribution in [3.8, 4) is 0 Å². The van der Waals surface area contributed by atoms with Gasteiger partial charge in [0.15, 0.2) is 0 Å². The quantitative estimate of drug-likeness (QED) is 0.431. The lowest BCUT2D eigenvalue weighted by Gasteiger charge is -1.99. The minimum atomic E-state index is 0.607. The molecule has 1 rings (SSSR count). The molecule has 0 fully saturated rings. The van der Waals surface area contributed by atoms with Crippen molar-refractivity contribution in [2.75, 3.05) is 6.54 Å². The van der Waals surface area contributed by atoms with Gasteiger partial charge in [0.05, 0.1) is 0 Å². The Balaban J connectivity index is 2.57. The van der Waals surface area contributed by atoms with E-state index in [2.05, 4.69) is 16.9 Å². The zero-order valence-corrected chi connectivity index (χ0v) is 7.90. The predicted molar refractivity (Wildman–Crippen MR) is 54.7 cm³/mol. The monoisotopic (exact) mass is 177 g/mol. The van der Waals surface area contributed by atoms with E-state index in [1.807, 2.05) is 12.1 Å². The molecule has 1 aromatic rings. The number of nitrogens with two attached hydrogens (primary N) is 1. The Morgan fingerprint density at radius 3 is 2.77 bits per heavy atom. The van der Waals surface area contributed by atoms with Crippen LogP contribution in [-0.4, -0.2) is 17.4 Å². The summed E-state index contributed by atoms with van der Waals surface area (Å²) in [6.45, 7) is 2.95. The average molecular weight is 177 g/mol. The summed E-state index contributed by atoms with van der Waals surface area (Å²) in [4.78, 5) is 8.16. The number of rotatable bonds is 4. The number of hydrogen-bond donors (Lipinski definition) is 1. The smallest absolute Gasteiger partial charge is 0.125 e. The third kappa shape index (κ3) is 3.23. The Labute approximate surface area is 78.7 Å². The summed E-state index contributed by atoms with van der Waals surface area (Å²) in [6, 6.07) is 3.73. The lowest BCUT2D eigenvalue weighted by Crippen LogP contribution is -2.13. The van der Waals surface area contributed by atoms with Crippen LogP contribution in [0, 0.1) is 0 Å². The molecule has 0 aliphatic carbocycles. The molecular formula is C10H15N3. The molecule has 0 bridgehead atoms. The molecule has 1 heterocycles. The first-order chi connectivity index (χ1) is 6.34. The van der Waals surface area contributed by atoms with Crippen molar-refractivity contribution in [2.45, 2.75) is 19.8 Å². The number of aromatic nitrogens is 1. The van der Waals surface area contributed by atoms with Crippen LogP contribution in [0.1, 0.15) is 25.3 Å². The molecule has 0 radical (unpaired) electrons. The van der Waals surface area contributed by atoms with Gasteiger partial charge in [-0.25, -0.2) is 0 Å². The lowest BCUT2D eigenvalue weighted by atomic mass is 10.2. The van der Waals surface area contributed by atoms with Gasteiger partial charge in [-0.15, -0.1) is 0 Å². The lowest BCUT2D eigenvalue weighted by molar-refractivity contribution is 0.807. The number of nitrogens with zero attached hydrogens (tertiary/aromatic N) is 2. The zero-order chi connectivity index (χ0) is 9.52. The van der Waals surface area contributed by atoms with Gasteiger partial charge in [-0.05, 0) is 18.6 Å². The van der Waals surface area contributed by atoms with E-state index >= 15 is 0 Å². The van der Waals surface area contributed by atoms with Gasteiger partial charge in [0.25, 0.3) is 0 Å². The first-order valence-corrected chi connectivity index (χ1v) is 4.55. The number of amidine groups is 1. The highest BCUT2D eigenvalue weighted by atomic mass is 14.8. The van der Waals surface area contributed by atoms with Crippen LogP contribution in [0.3, 0.4) is 0 Å². The van der Waals surface area contributed by atoms with Crippen LogP contribution in [0.4, 0.5) is 0 Å². The van der Waals surface area contributed by atoms with Gasteiger partial charge in [0.2, 0.25) is 0 Å². The highest BCUT2D eigenvalue weighted by Crippen LogP contribution is 1.96. The van der Waals surface area contributed by atoms with Crippen molar-refractivity contribution in [2.24, 2.45) is 10.7 Å². The molecule has 1 aromatic heterocycles. The molecule has 0 saturated carbocycles. The van der Waals surface area contributed by atoms with Crippen molar-refractivity contribution in [1.29, 1.82) is 0 Å². The van der Waals surface area contributed by atoms with Crippen LogP contribution < -0.4 is 5.73 Å². The Hall–Kier alpha value is -1.38. The fourth-order valence-electron chi connectivity index (χ4n) is 0.972. The highest BCUT2D eigenvalue weighted by Gasteiger charge is 1.94. The fourth-order valence-corrected chi connectivity index (χ4v) is 0.972. The van der Waals surface area contributed by atoms with Gasteiger partial charge in [-0.2, -0.15) is 0 Å². The number of hydrogen-bond acceptors (Lipinski definition) is 2. The average Bonchev–Trinajstić information content (AvgIpc) is 2.19. The van der Waals surface area contributed by atoms with Gasteiger partial charge >= 0.3 is 0 Å². The maximum absolute atomic E-state index is 5.76. The SMILES string of the molecule is CCCCN=C(N)c1ccncc1. The van der Waals surface area contributed by atoms with Gasteiger partial charge < -0.3 is 5.73 Å². The summed E-state index contributed by atoms with van der Waals surface area (Å²) in [5, 5.41) is 0. The molecule has 3 heteroatoms. The third-order valence-corrected chi connectivity index (χ3v) is 1.77. The van der Waals surface area contributed by atoms with E-state index in [1.54, 1.807) is 12.4 Å². The van der Waals surface area contributed by atoms with Crippen LogP contribution in [0.15, 0.2) is 29.5 Å². The summed E-state index contributed by atoms with van der Waals surface area (Å²) in [7, 11) is 0. The molecule has 0 aliphatic heterocycles. The molecule has 0 atom stereocenters. The second-order valence-corrected chi connectivity index (χ2v) is 2.86. The summed E-state index contributed by atoms with van der Waals surface area (Å²) in [6.07, 6.45) is 5.67. The van der Waals surface area contributed by atoms with E-state index in [9.17, 15) is 0 Å².